The summed E-state index contributed by atoms with van der Waals surface area (Å²) in [5.74, 6) is -2.16. The third-order valence-corrected chi connectivity index (χ3v) is 3.37. The van der Waals surface area contributed by atoms with Crippen LogP contribution in [-0.4, -0.2) is 41.5 Å². The van der Waals surface area contributed by atoms with Gasteiger partial charge in [-0.05, 0) is 45.9 Å². The molecule has 0 aromatic heterocycles. The highest BCUT2D eigenvalue weighted by Gasteiger charge is 2.38. The molecule has 1 aliphatic heterocycles. The fraction of sp³-hybridized carbons (Fsp3) is 0.562. The first-order chi connectivity index (χ1) is 9.58. The van der Waals surface area contributed by atoms with Gasteiger partial charge in [0, 0.05) is 18.7 Å². The number of halogens is 2. The molecule has 0 spiro atoms. The minimum absolute atomic E-state index is 0.168. The van der Waals surface area contributed by atoms with Gasteiger partial charge in [-0.3, -0.25) is 9.69 Å². The second-order valence-corrected chi connectivity index (χ2v) is 6.82. The van der Waals surface area contributed by atoms with Crippen molar-refractivity contribution in [3.05, 3.63) is 35.4 Å². The van der Waals surface area contributed by atoms with E-state index in [1.807, 2.05) is 32.6 Å². The molecule has 1 aliphatic rings. The van der Waals surface area contributed by atoms with Crippen molar-refractivity contribution in [2.75, 3.05) is 19.6 Å². The summed E-state index contributed by atoms with van der Waals surface area (Å²) in [6.45, 7) is 9.30. The standard InChI is InChI=1S/C16H21F2NO2/c1-15(2)9-19(10-16(3,4)21-15)8-14(20)11-5-6-12(17)13(18)7-11/h5-7H,8-10H2,1-4H3. The third kappa shape index (κ3) is 4.08. The third-order valence-electron chi connectivity index (χ3n) is 3.37. The van der Waals surface area contributed by atoms with Gasteiger partial charge in [-0.2, -0.15) is 0 Å². The van der Waals surface area contributed by atoms with Crippen LogP contribution < -0.4 is 0 Å². The van der Waals surface area contributed by atoms with Gasteiger partial charge in [0.15, 0.2) is 17.4 Å². The Morgan fingerprint density at radius 2 is 1.71 bits per heavy atom. The van der Waals surface area contributed by atoms with Crippen molar-refractivity contribution < 1.29 is 18.3 Å². The van der Waals surface area contributed by atoms with E-state index in [0.29, 0.717) is 13.1 Å². The maximum atomic E-state index is 13.2. The molecule has 5 heteroatoms. The summed E-state index contributed by atoms with van der Waals surface area (Å²) in [4.78, 5) is 14.2. The molecule has 0 N–H and O–H groups in total. The zero-order chi connectivity index (χ0) is 15.8. The Hall–Kier alpha value is -1.33. The first-order valence-corrected chi connectivity index (χ1v) is 6.99. The maximum absolute atomic E-state index is 13.2. The predicted molar refractivity (Wildman–Crippen MR) is 76.4 cm³/mol. The van der Waals surface area contributed by atoms with Gasteiger partial charge in [-0.25, -0.2) is 8.78 Å². The van der Waals surface area contributed by atoms with E-state index in [-0.39, 0.29) is 29.1 Å². The van der Waals surface area contributed by atoms with E-state index >= 15 is 0 Å². The summed E-state index contributed by atoms with van der Waals surface area (Å²) in [5, 5.41) is 0. The molecule has 3 nitrogen and oxygen atoms in total. The molecule has 0 radical (unpaired) electrons. The Balaban J connectivity index is 2.10. The molecular weight excluding hydrogens is 276 g/mol. The van der Waals surface area contributed by atoms with Crippen LogP contribution in [0, 0.1) is 11.6 Å². The van der Waals surface area contributed by atoms with E-state index in [9.17, 15) is 13.6 Å². The molecule has 0 atom stereocenters. The molecule has 1 saturated heterocycles. The number of Topliss-reactive ketones (excluding diaryl/α,β-unsaturated/α-hetero) is 1. The number of carbonyl (C=O) groups excluding carboxylic acids is 1. The van der Waals surface area contributed by atoms with Crippen LogP contribution in [0.5, 0.6) is 0 Å². The van der Waals surface area contributed by atoms with Crippen molar-refractivity contribution in [1.29, 1.82) is 0 Å². The average Bonchev–Trinajstić information content (AvgIpc) is 2.28. The largest absolute Gasteiger partial charge is 0.367 e. The monoisotopic (exact) mass is 297 g/mol. The summed E-state index contributed by atoms with van der Waals surface area (Å²) < 4.78 is 32.1. The number of nitrogens with zero attached hydrogens (tertiary/aromatic N) is 1. The Bertz CT molecular complexity index is 539. The molecule has 0 aliphatic carbocycles. The molecule has 0 unspecified atom stereocenters. The van der Waals surface area contributed by atoms with E-state index in [1.165, 1.54) is 6.07 Å². The Kier molecular flexibility index (Phi) is 4.17. The van der Waals surface area contributed by atoms with Crippen LogP contribution in [-0.2, 0) is 4.74 Å². The number of rotatable bonds is 3. The summed E-state index contributed by atoms with van der Waals surface area (Å²) in [6, 6.07) is 3.25. The average molecular weight is 297 g/mol. The number of carbonyl (C=O) groups is 1. The molecule has 2 rings (SSSR count). The first kappa shape index (κ1) is 16.0. The van der Waals surface area contributed by atoms with Crippen molar-refractivity contribution in [3.63, 3.8) is 0 Å². The van der Waals surface area contributed by atoms with Gasteiger partial charge >= 0.3 is 0 Å². The summed E-state index contributed by atoms with van der Waals surface area (Å²) >= 11 is 0. The van der Waals surface area contributed by atoms with Crippen LogP contribution in [0.15, 0.2) is 18.2 Å². The van der Waals surface area contributed by atoms with Gasteiger partial charge in [0.1, 0.15) is 0 Å². The number of ketones is 1. The fourth-order valence-corrected chi connectivity index (χ4v) is 3.02. The van der Waals surface area contributed by atoms with Gasteiger partial charge in [-0.15, -0.1) is 0 Å². The van der Waals surface area contributed by atoms with Gasteiger partial charge < -0.3 is 4.74 Å². The lowest BCUT2D eigenvalue weighted by atomic mass is 9.98. The van der Waals surface area contributed by atoms with Gasteiger partial charge in [0.05, 0.1) is 17.7 Å². The summed E-state index contributed by atoms with van der Waals surface area (Å²) in [7, 11) is 0. The van der Waals surface area contributed by atoms with Gasteiger partial charge in [0.2, 0.25) is 0 Å². The number of benzene rings is 1. The highest BCUT2D eigenvalue weighted by atomic mass is 19.2. The van der Waals surface area contributed by atoms with Crippen LogP contribution >= 0.6 is 0 Å². The van der Waals surface area contributed by atoms with E-state index in [4.69, 9.17) is 4.74 Å². The summed E-state index contributed by atoms with van der Waals surface area (Å²) in [6.07, 6.45) is 0. The second kappa shape index (κ2) is 5.46. The Morgan fingerprint density at radius 1 is 1.14 bits per heavy atom. The minimum Gasteiger partial charge on any atom is -0.367 e. The SMILES string of the molecule is CC1(C)CN(CC(=O)c2ccc(F)c(F)c2)CC(C)(C)O1. The quantitative estimate of drug-likeness (QED) is 0.803. The molecular formula is C16H21F2NO2. The van der Waals surface area contributed by atoms with Crippen LogP contribution in [0.4, 0.5) is 8.78 Å². The lowest BCUT2D eigenvalue weighted by Gasteiger charge is -2.47. The van der Waals surface area contributed by atoms with Gasteiger partial charge in [-0.1, -0.05) is 0 Å². The van der Waals surface area contributed by atoms with Gasteiger partial charge in [0.25, 0.3) is 0 Å². The predicted octanol–water partition coefficient (Wildman–Crippen LogP) is 3.04. The molecule has 0 saturated carbocycles. The topological polar surface area (TPSA) is 29.5 Å². The zero-order valence-electron chi connectivity index (χ0n) is 12.9. The molecule has 0 bridgehead atoms. The molecule has 1 fully saturated rings. The normalized spacial score (nSPS) is 21.2. The van der Waals surface area contributed by atoms with Crippen molar-refractivity contribution in [2.24, 2.45) is 0 Å². The first-order valence-electron chi connectivity index (χ1n) is 6.99. The number of hydrogen-bond donors (Lipinski definition) is 0. The van der Waals surface area contributed by atoms with E-state index in [1.54, 1.807) is 0 Å². The van der Waals surface area contributed by atoms with E-state index < -0.39 is 11.6 Å². The second-order valence-electron chi connectivity index (χ2n) is 6.82. The fourth-order valence-electron chi connectivity index (χ4n) is 3.02. The summed E-state index contributed by atoms with van der Waals surface area (Å²) in [5.41, 5.74) is -0.511. The Morgan fingerprint density at radius 3 is 2.24 bits per heavy atom. The highest BCUT2D eigenvalue weighted by Crippen LogP contribution is 2.28. The number of ether oxygens (including phenoxy) is 1. The lowest BCUT2D eigenvalue weighted by Crippen LogP contribution is -2.58. The van der Waals surface area contributed by atoms with E-state index in [2.05, 4.69) is 0 Å². The molecule has 116 valence electrons. The lowest BCUT2D eigenvalue weighted by molar-refractivity contribution is -0.178. The minimum atomic E-state index is -0.997. The van der Waals surface area contributed by atoms with Crippen molar-refractivity contribution in [3.8, 4) is 0 Å². The van der Waals surface area contributed by atoms with Crippen LogP contribution in [0.3, 0.4) is 0 Å². The van der Waals surface area contributed by atoms with Crippen molar-refractivity contribution in [2.45, 2.75) is 38.9 Å². The number of hydrogen-bond acceptors (Lipinski definition) is 3. The smallest absolute Gasteiger partial charge is 0.176 e. The van der Waals surface area contributed by atoms with Crippen molar-refractivity contribution in [1.82, 2.24) is 4.90 Å². The molecule has 1 heterocycles. The maximum Gasteiger partial charge on any atom is 0.176 e. The van der Waals surface area contributed by atoms with Crippen LogP contribution in [0.25, 0.3) is 0 Å². The molecule has 0 amide bonds. The van der Waals surface area contributed by atoms with Crippen LogP contribution in [0.2, 0.25) is 0 Å². The molecule has 1 aromatic carbocycles. The van der Waals surface area contributed by atoms with Crippen molar-refractivity contribution >= 4 is 5.78 Å². The Labute approximate surface area is 123 Å². The van der Waals surface area contributed by atoms with E-state index in [0.717, 1.165) is 12.1 Å². The van der Waals surface area contributed by atoms with Crippen LogP contribution in [0.1, 0.15) is 38.1 Å². The number of morpholine rings is 1. The molecule has 21 heavy (non-hydrogen) atoms. The highest BCUT2D eigenvalue weighted by molar-refractivity contribution is 5.97. The zero-order valence-corrected chi connectivity index (χ0v) is 12.9. The molecule has 1 aromatic rings.